The van der Waals surface area contributed by atoms with Crippen molar-refractivity contribution < 1.29 is 9.53 Å². The fourth-order valence-electron chi connectivity index (χ4n) is 2.89. The number of fused-ring (bicyclic) bond motifs is 2. The molecule has 0 saturated carbocycles. The van der Waals surface area contributed by atoms with E-state index in [9.17, 15) is 4.79 Å². The number of rotatable bonds is 2. The maximum Gasteiger partial charge on any atom is 0.335 e. The van der Waals surface area contributed by atoms with Gasteiger partial charge in [-0.2, -0.15) is 0 Å². The van der Waals surface area contributed by atoms with Gasteiger partial charge in [0.1, 0.15) is 0 Å². The van der Waals surface area contributed by atoms with Gasteiger partial charge in [-0.25, -0.2) is 4.79 Å². The number of carbonyl (C=O) groups is 1. The fraction of sp³-hybridized carbons (Fsp3) is 0.769. The molecule has 16 heavy (non-hydrogen) atoms. The first-order valence-electron chi connectivity index (χ1n) is 6.18. The monoisotopic (exact) mass is 223 g/mol. The highest BCUT2D eigenvalue weighted by molar-refractivity contribution is 5.87. The van der Waals surface area contributed by atoms with Crippen LogP contribution in [0, 0.1) is 0 Å². The molecule has 2 fully saturated rings. The summed E-state index contributed by atoms with van der Waals surface area (Å²) in [6.45, 7) is 3.69. The second kappa shape index (κ2) is 4.21. The molecule has 0 aromatic carbocycles. The van der Waals surface area contributed by atoms with Crippen molar-refractivity contribution >= 4 is 5.97 Å². The number of carbonyl (C=O) groups excluding carboxylic acids is 1. The summed E-state index contributed by atoms with van der Waals surface area (Å²) in [7, 11) is 2.09. The van der Waals surface area contributed by atoms with E-state index in [1.165, 1.54) is 19.3 Å². The van der Waals surface area contributed by atoms with Crippen LogP contribution in [0.1, 0.15) is 46.0 Å². The molecule has 3 nitrogen and oxygen atoms in total. The van der Waals surface area contributed by atoms with Crippen molar-refractivity contribution in [2.75, 3.05) is 7.05 Å². The zero-order valence-electron chi connectivity index (χ0n) is 10.5. The van der Waals surface area contributed by atoms with E-state index < -0.39 is 0 Å². The SMILES string of the molecule is C/C=C(\C)C(=O)O[C@]12CCC[C@H](CC1)N2C. The van der Waals surface area contributed by atoms with E-state index in [-0.39, 0.29) is 11.7 Å². The van der Waals surface area contributed by atoms with E-state index in [0.29, 0.717) is 11.6 Å². The molecule has 0 N–H and O–H groups in total. The number of nitrogens with zero attached hydrogens (tertiary/aromatic N) is 1. The van der Waals surface area contributed by atoms with Crippen molar-refractivity contribution in [1.82, 2.24) is 4.90 Å². The number of hydrogen-bond acceptors (Lipinski definition) is 3. The molecule has 0 radical (unpaired) electrons. The van der Waals surface area contributed by atoms with Gasteiger partial charge in [-0.05, 0) is 40.2 Å². The molecule has 0 unspecified atom stereocenters. The Labute approximate surface area is 97.5 Å². The lowest BCUT2D eigenvalue weighted by Gasteiger charge is -2.41. The van der Waals surface area contributed by atoms with Gasteiger partial charge in [-0.3, -0.25) is 4.90 Å². The van der Waals surface area contributed by atoms with Gasteiger partial charge in [0.15, 0.2) is 5.72 Å². The summed E-state index contributed by atoms with van der Waals surface area (Å²) in [4.78, 5) is 14.1. The Morgan fingerprint density at radius 1 is 1.44 bits per heavy atom. The fourth-order valence-corrected chi connectivity index (χ4v) is 2.89. The quantitative estimate of drug-likeness (QED) is 0.532. The summed E-state index contributed by atoms with van der Waals surface area (Å²) in [6, 6.07) is 0.618. The first-order valence-corrected chi connectivity index (χ1v) is 6.18. The molecule has 2 saturated heterocycles. The molecule has 2 aliphatic rings. The van der Waals surface area contributed by atoms with E-state index in [4.69, 9.17) is 4.74 Å². The van der Waals surface area contributed by atoms with E-state index in [1.54, 1.807) is 0 Å². The van der Waals surface area contributed by atoms with E-state index in [1.807, 2.05) is 19.9 Å². The van der Waals surface area contributed by atoms with Crippen LogP contribution in [-0.4, -0.2) is 29.7 Å². The molecule has 2 bridgehead atoms. The second-order valence-electron chi connectivity index (χ2n) is 5.00. The van der Waals surface area contributed by atoms with Crippen molar-refractivity contribution in [2.24, 2.45) is 0 Å². The lowest BCUT2D eigenvalue weighted by atomic mass is 10.0. The van der Waals surface area contributed by atoms with Crippen molar-refractivity contribution in [3.8, 4) is 0 Å². The Hall–Kier alpha value is -0.830. The van der Waals surface area contributed by atoms with Crippen LogP contribution in [0.25, 0.3) is 0 Å². The third kappa shape index (κ3) is 1.77. The summed E-state index contributed by atoms with van der Waals surface area (Å²) >= 11 is 0. The van der Waals surface area contributed by atoms with Crippen molar-refractivity contribution in [2.45, 2.75) is 57.7 Å². The van der Waals surface area contributed by atoms with Gasteiger partial charge < -0.3 is 4.74 Å². The van der Waals surface area contributed by atoms with Crippen LogP contribution in [-0.2, 0) is 9.53 Å². The van der Waals surface area contributed by atoms with Gasteiger partial charge in [0.05, 0.1) is 0 Å². The topological polar surface area (TPSA) is 29.5 Å². The molecule has 0 aliphatic carbocycles. The highest BCUT2D eigenvalue weighted by atomic mass is 16.6. The van der Waals surface area contributed by atoms with Crippen LogP contribution < -0.4 is 0 Å². The summed E-state index contributed by atoms with van der Waals surface area (Å²) in [6.07, 6.45) is 7.39. The highest BCUT2D eigenvalue weighted by Crippen LogP contribution is 2.43. The standard InChI is InChI=1S/C13H21NO2/c1-4-10(2)12(15)16-13-8-5-6-11(7-9-13)14(13)3/h4,11H,5-9H2,1-3H3/b10-4+/t11-,13-/m1/s1. The van der Waals surface area contributed by atoms with Crippen LogP contribution in [0.2, 0.25) is 0 Å². The molecule has 2 rings (SSSR count). The van der Waals surface area contributed by atoms with E-state index >= 15 is 0 Å². The Kier molecular flexibility index (Phi) is 3.06. The van der Waals surface area contributed by atoms with Crippen LogP contribution in [0.5, 0.6) is 0 Å². The van der Waals surface area contributed by atoms with Crippen LogP contribution >= 0.6 is 0 Å². The van der Waals surface area contributed by atoms with E-state index in [2.05, 4.69) is 11.9 Å². The minimum Gasteiger partial charge on any atom is -0.440 e. The molecule has 0 aromatic heterocycles. The molecular formula is C13H21NO2. The zero-order chi connectivity index (χ0) is 11.8. The number of piperidine rings is 1. The first-order chi connectivity index (χ1) is 7.59. The minimum atomic E-state index is -0.301. The van der Waals surface area contributed by atoms with Crippen LogP contribution in [0.3, 0.4) is 0 Å². The van der Waals surface area contributed by atoms with Gasteiger partial charge in [0, 0.05) is 24.5 Å². The zero-order valence-corrected chi connectivity index (χ0v) is 10.5. The number of allylic oxidation sites excluding steroid dienone is 1. The third-order valence-electron chi connectivity index (χ3n) is 4.20. The smallest absolute Gasteiger partial charge is 0.335 e. The molecule has 0 aromatic rings. The summed E-state index contributed by atoms with van der Waals surface area (Å²) in [5.74, 6) is -0.156. The molecule has 2 atom stereocenters. The molecule has 90 valence electrons. The predicted molar refractivity (Wildman–Crippen MR) is 62.9 cm³/mol. The Bertz CT molecular complexity index is 320. The third-order valence-corrected chi connectivity index (χ3v) is 4.20. The first kappa shape index (κ1) is 11.6. The average Bonchev–Trinajstić information content (AvgIpc) is 2.50. The summed E-state index contributed by atoms with van der Waals surface area (Å²) in [5, 5.41) is 0. The summed E-state index contributed by atoms with van der Waals surface area (Å²) in [5.41, 5.74) is 0.404. The Morgan fingerprint density at radius 3 is 2.88 bits per heavy atom. The largest absolute Gasteiger partial charge is 0.440 e. The lowest BCUT2D eigenvalue weighted by Crippen LogP contribution is -2.50. The summed E-state index contributed by atoms with van der Waals surface area (Å²) < 4.78 is 5.75. The second-order valence-corrected chi connectivity index (χ2v) is 5.00. The van der Waals surface area contributed by atoms with Gasteiger partial charge in [0.25, 0.3) is 0 Å². The molecule has 0 amide bonds. The number of hydrogen-bond donors (Lipinski definition) is 0. The maximum atomic E-state index is 11.9. The molecule has 2 heterocycles. The normalized spacial score (nSPS) is 35.2. The van der Waals surface area contributed by atoms with Crippen molar-refractivity contribution in [3.05, 3.63) is 11.6 Å². The predicted octanol–water partition coefficient (Wildman–Crippen LogP) is 2.47. The maximum absolute atomic E-state index is 11.9. The lowest BCUT2D eigenvalue weighted by molar-refractivity contribution is -0.180. The number of esters is 1. The molecule has 0 spiro atoms. The molecule has 2 aliphatic heterocycles. The minimum absolute atomic E-state index is 0.156. The molecule has 3 heteroatoms. The Balaban J connectivity index is 2.11. The van der Waals surface area contributed by atoms with Crippen LogP contribution in [0.4, 0.5) is 0 Å². The van der Waals surface area contributed by atoms with Gasteiger partial charge >= 0.3 is 5.97 Å². The van der Waals surface area contributed by atoms with Gasteiger partial charge in [-0.1, -0.05) is 6.08 Å². The molecular weight excluding hydrogens is 202 g/mol. The highest BCUT2D eigenvalue weighted by Gasteiger charge is 2.49. The van der Waals surface area contributed by atoms with Crippen molar-refractivity contribution in [3.63, 3.8) is 0 Å². The van der Waals surface area contributed by atoms with Gasteiger partial charge in [-0.15, -0.1) is 0 Å². The van der Waals surface area contributed by atoms with Crippen LogP contribution in [0.15, 0.2) is 11.6 Å². The number of ether oxygens (including phenoxy) is 1. The van der Waals surface area contributed by atoms with E-state index in [0.717, 1.165) is 12.8 Å². The van der Waals surface area contributed by atoms with Crippen molar-refractivity contribution in [1.29, 1.82) is 0 Å². The van der Waals surface area contributed by atoms with Gasteiger partial charge in [0.2, 0.25) is 0 Å². The Morgan fingerprint density at radius 2 is 2.19 bits per heavy atom. The average molecular weight is 223 g/mol.